The number of carboxylic acid groups (broad SMARTS) is 1. The molecule has 114 valence electrons. The van der Waals surface area contributed by atoms with Gasteiger partial charge < -0.3 is 10.0 Å². The predicted molar refractivity (Wildman–Crippen MR) is 83.8 cm³/mol. The SMILES string of the molecule is CSc1ccc(C)c(C(=O)N2CCC(C)(C(=O)O)CC2)c1. The van der Waals surface area contributed by atoms with Crippen LogP contribution in [-0.2, 0) is 4.79 Å². The summed E-state index contributed by atoms with van der Waals surface area (Å²) in [4.78, 5) is 26.7. The van der Waals surface area contributed by atoms with Gasteiger partial charge in [-0.1, -0.05) is 6.07 Å². The second-order valence-electron chi connectivity index (χ2n) is 5.84. The fourth-order valence-corrected chi connectivity index (χ4v) is 2.99. The standard InChI is InChI=1S/C16H21NO3S/c1-11-4-5-12(21-3)10-13(11)14(18)17-8-6-16(2,7-9-17)15(19)20/h4-5,10H,6-9H2,1-3H3,(H,19,20). The zero-order valence-corrected chi connectivity index (χ0v) is 13.5. The van der Waals surface area contributed by atoms with E-state index in [0.717, 1.165) is 16.0 Å². The van der Waals surface area contributed by atoms with Gasteiger partial charge >= 0.3 is 5.97 Å². The third-order valence-corrected chi connectivity index (χ3v) is 5.07. The summed E-state index contributed by atoms with van der Waals surface area (Å²) in [7, 11) is 0. The molecular formula is C16H21NO3S. The van der Waals surface area contributed by atoms with Crippen molar-refractivity contribution in [2.75, 3.05) is 19.3 Å². The zero-order chi connectivity index (χ0) is 15.6. The molecule has 1 aromatic carbocycles. The summed E-state index contributed by atoms with van der Waals surface area (Å²) in [6.45, 7) is 4.70. The summed E-state index contributed by atoms with van der Waals surface area (Å²) in [5.74, 6) is -0.758. The lowest BCUT2D eigenvalue weighted by molar-refractivity contribution is -0.150. The Hall–Kier alpha value is -1.49. The number of piperidine rings is 1. The minimum atomic E-state index is -0.768. The Morgan fingerprint density at radius 2 is 1.90 bits per heavy atom. The highest BCUT2D eigenvalue weighted by Crippen LogP contribution is 2.32. The van der Waals surface area contributed by atoms with Gasteiger partial charge in [0.1, 0.15) is 0 Å². The van der Waals surface area contributed by atoms with Gasteiger partial charge in [-0.2, -0.15) is 0 Å². The Kier molecular flexibility index (Phi) is 4.61. The van der Waals surface area contributed by atoms with Crippen molar-refractivity contribution in [2.24, 2.45) is 5.41 Å². The van der Waals surface area contributed by atoms with Crippen LogP contribution in [0.4, 0.5) is 0 Å². The summed E-state index contributed by atoms with van der Waals surface area (Å²) in [5, 5.41) is 9.25. The molecule has 5 heteroatoms. The van der Waals surface area contributed by atoms with Crippen molar-refractivity contribution in [1.29, 1.82) is 0 Å². The van der Waals surface area contributed by atoms with Gasteiger partial charge in [-0.3, -0.25) is 9.59 Å². The van der Waals surface area contributed by atoms with E-state index in [9.17, 15) is 14.7 Å². The molecule has 1 aliphatic heterocycles. The number of carboxylic acids is 1. The molecule has 1 aliphatic rings. The lowest BCUT2D eigenvalue weighted by atomic mass is 9.80. The first kappa shape index (κ1) is 15.9. The van der Waals surface area contributed by atoms with Crippen LogP contribution in [0.5, 0.6) is 0 Å². The highest BCUT2D eigenvalue weighted by molar-refractivity contribution is 7.98. The number of rotatable bonds is 3. The molecule has 0 spiro atoms. The van der Waals surface area contributed by atoms with Crippen LogP contribution in [0, 0.1) is 12.3 Å². The molecule has 1 heterocycles. The molecule has 1 saturated heterocycles. The summed E-state index contributed by atoms with van der Waals surface area (Å²) >= 11 is 1.61. The smallest absolute Gasteiger partial charge is 0.309 e. The van der Waals surface area contributed by atoms with Gasteiger partial charge in [0.15, 0.2) is 0 Å². The fraction of sp³-hybridized carbons (Fsp3) is 0.500. The van der Waals surface area contributed by atoms with Gasteiger partial charge in [0.25, 0.3) is 5.91 Å². The van der Waals surface area contributed by atoms with Crippen molar-refractivity contribution in [3.8, 4) is 0 Å². The van der Waals surface area contributed by atoms with E-state index in [-0.39, 0.29) is 5.91 Å². The van der Waals surface area contributed by atoms with E-state index in [4.69, 9.17) is 0 Å². The maximum atomic E-state index is 12.6. The molecule has 0 unspecified atom stereocenters. The van der Waals surface area contributed by atoms with Gasteiger partial charge in [-0.25, -0.2) is 0 Å². The maximum Gasteiger partial charge on any atom is 0.309 e. The Labute approximate surface area is 129 Å². The Bertz CT molecular complexity index is 563. The molecule has 0 aliphatic carbocycles. The Morgan fingerprint density at radius 3 is 2.43 bits per heavy atom. The van der Waals surface area contributed by atoms with E-state index in [1.54, 1.807) is 23.6 Å². The predicted octanol–water partition coefficient (Wildman–Crippen LogP) is 3.04. The average molecular weight is 307 g/mol. The molecule has 0 saturated carbocycles. The average Bonchev–Trinajstić information content (AvgIpc) is 2.48. The largest absolute Gasteiger partial charge is 0.481 e. The van der Waals surface area contributed by atoms with E-state index in [2.05, 4.69) is 0 Å². The van der Waals surface area contributed by atoms with E-state index in [0.29, 0.717) is 25.9 Å². The summed E-state index contributed by atoms with van der Waals surface area (Å²) in [6.07, 6.45) is 3.00. The molecule has 1 N–H and O–H groups in total. The molecule has 0 bridgehead atoms. The molecule has 4 nitrogen and oxygen atoms in total. The highest BCUT2D eigenvalue weighted by atomic mass is 32.2. The number of aryl methyl sites for hydroxylation is 1. The second-order valence-corrected chi connectivity index (χ2v) is 6.72. The van der Waals surface area contributed by atoms with Gasteiger partial charge in [0.05, 0.1) is 5.41 Å². The summed E-state index contributed by atoms with van der Waals surface area (Å²) < 4.78 is 0. The number of aliphatic carboxylic acids is 1. The molecular weight excluding hydrogens is 286 g/mol. The molecule has 1 fully saturated rings. The first-order chi connectivity index (χ1) is 9.87. The van der Waals surface area contributed by atoms with E-state index in [1.165, 1.54) is 0 Å². The third kappa shape index (κ3) is 3.23. The van der Waals surface area contributed by atoms with E-state index < -0.39 is 11.4 Å². The van der Waals surface area contributed by atoms with Gasteiger partial charge in [0.2, 0.25) is 0 Å². The van der Waals surface area contributed by atoms with Crippen molar-refractivity contribution < 1.29 is 14.7 Å². The molecule has 21 heavy (non-hydrogen) atoms. The van der Waals surface area contributed by atoms with Crippen LogP contribution in [0.3, 0.4) is 0 Å². The minimum absolute atomic E-state index is 0.0100. The second kappa shape index (κ2) is 6.10. The van der Waals surface area contributed by atoms with Gasteiger partial charge in [-0.05, 0) is 50.6 Å². The van der Waals surface area contributed by atoms with Gasteiger partial charge in [0, 0.05) is 23.5 Å². The first-order valence-corrected chi connectivity index (χ1v) is 8.27. The van der Waals surface area contributed by atoms with Crippen LogP contribution in [0.1, 0.15) is 35.7 Å². The van der Waals surface area contributed by atoms with Crippen LogP contribution in [0.25, 0.3) is 0 Å². The topological polar surface area (TPSA) is 57.6 Å². The molecule has 1 aromatic rings. The van der Waals surface area contributed by atoms with Gasteiger partial charge in [-0.15, -0.1) is 11.8 Å². The Balaban J connectivity index is 2.14. The third-order valence-electron chi connectivity index (χ3n) is 4.35. The van der Waals surface area contributed by atoms with Crippen LogP contribution in [0.15, 0.2) is 23.1 Å². The summed E-state index contributed by atoms with van der Waals surface area (Å²) in [5.41, 5.74) is 0.984. The number of carbonyl (C=O) groups is 2. The number of benzene rings is 1. The first-order valence-electron chi connectivity index (χ1n) is 7.05. The minimum Gasteiger partial charge on any atom is -0.481 e. The van der Waals surface area contributed by atoms with Crippen LogP contribution < -0.4 is 0 Å². The molecule has 0 aromatic heterocycles. The van der Waals surface area contributed by atoms with E-state index >= 15 is 0 Å². The quantitative estimate of drug-likeness (QED) is 0.872. The number of nitrogens with zero attached hydrogens (tertiary/aromatic N) is 1. The van der Waals surface area contributed by atoms with Crippen molar-refractivity contribution in [1.82, 2.24) is 4.90 Å². The number of amides is 1. The number of hydrogen-bond acceptors (Lipinski definition) is 3. The maximum absolute atomic E-state index is 12.6. The molecule has 1 amide bonds. The van der Waals surface area contributed by atoms with Crippen LogP contribution >= 0.6 is 11.8 Å². The lowest BCUT2D eigenvalue weighted by Crippen LogP contribution is -2.45. The fourth-order valence-electron chi connectivity index (χ4n) is 2.55. The van der Waals surface area contributed by atoms with E-state index in [1.807, 2.05) is 31.4 Å². The van der Waals surface area contributed by atoms with Crippen LogP contribution in [-0.4, -0.2) is 41.2 Å². The summed E-state index contributed by atoms with van der Waals surface area (Å²) in [6, 6.07) is 5.90. The monoisotopic (exact) mass is 307 g/mol. The molecule has 0 radical (unpaired) electrons. The van der Waals surface area contributed by atoms with Crippen molar-refractivity contribution in [3.63, 3.8) is 0 Å². The number of carbonyl (C=O) groups excluding carboxylic acids is 1. The molecule has 2 rings (SSSR count). The number of thioether (sulfide) groups is 1. The Morgan fingerprint density at radius 1 is 1.29 bits per heavy atom. The molecule has 0 atom stereocenters. The van der Waals surface area contributed by atoms with Crippen molar-refractivity contribution in [2.45, 2.75) is 31.6 Å². The zero-order valence-electron chi connectivity index (χ0n) is 12.7. The van der Waals surface area contributed by atoms with Crippen molar-refractivity contribution >= 4 is 23.6 Å². The number of hydrogen-bond donors (Lipinski definition) is 1. The van der Waals surface area contributed by atoms with Crippen molar-refractivity contribution in [3.05, 3.63) is 29.3 Å². The highest BCUT2D eigenvalue weighted by Gasteiger charge is 2.38. The lowest BCUT2D eigenvalue weighted by Gasteiger charge is -2.36. The normalized spacial score (nSPS) is 17.6. The number of likely N-dealkylation sites (tertiary alicyclic amines) is 1. The van der Waals surface area contributed by atoms with Crippen LogP contribution in [0.2, 0.25) is 0 Å².